The molecule has 0 bridgehead atoms. The Morgan fingerprint density at radius 2 is 2.11 bits per heavy atom. The van der Waals surface area contributed by atoms with E-state index in [1.807, 2.05) is 11.3 Å². The van der Waals surface area contributed by atoms with Crippen LogP contribution in [0, 0.1) is 11.8 Å². The minimum Gasteiger partial charge on any atom is -0.309 e. The van der Waals surface area contributed by atoms with Crippen molar-refractivity contribution >= 4 is 11.3 Å². The molecule has 1 aliphatic carbocycles. The summed E-state index contributed by atoms with van der Waals surface area (Å²) >= 11 is 1.88. The Balaban J connectivity index is 1.68. The minimum atomic E-state index is 0.576. The number of hydrogen-bond donors (Lipinski definition) is 1. The van der Waals surface area contributed by atoms with E-state index in [-0.39, 0.29) is 0 Å². The molecule has 1 nitrogen and oxygen atoms in total. The maximum atomic E-state index is 3.74. The Kier molecular flexibility index (Phi) is 5.71. The Labute approximate surface area is 116 Å². The van der Waals surface area contributed by atoms with E-state index in [1.165, 1.54) is 49.9 Å². The van der Waals surface area contributed by atoms with E-state index in [0.717, 1.165) is 11.8 Å². The quantitative estimate of drug-likeness (QED) is 0.762. The first-order valence-electron chi connectivity index (χ1n) is 7.56. The Hall–Kier alpha value is -0.340. The molecule has 1 aliphatic rings. The molecule has 0 radical (unpaired) electrons. The van der Waals surface area contributed by atoms with Gasteiger partial charge in [0, 0.05) is 10.9 Å². The summed E-state index contributed by atoms with van der Waals surface area (Å²) in [7, 11) is 0. The van der Waals surface area contributed by atoms with Gasteiger partial charge in [0.25, 0.3) is 0 Å². The zero-order chi connectivity index (χ0) is 12.8. The van der Waals surface area contributed by atoms with Crippen LogP contribution in [-0.2, 0) is 0 Å². The molecule has 102 valence electrons. The Morgan fingerprint density at radius 1 is 1.33 bits per heavy atom. The lowest BCUT2D eigenvalue weighted by Gasteiger charge is -2.26. The topological polar surface area (TPSA) is 12.0 Å². The van der Waals surface area contributed by atoms with E-state index >= 15 is 0 Å². The van der Waals surface area contributed by atoms with Crippen molar-refractivity contribution in [3.63, 3.8) is 0 Å². The summed E-state index contributed by atoms with van der Waals surface area (Å²) in [6.45, 7) is 5.87. The molecule has 2 rings (SSSR count). The highest BCUT2D eigenvalue weighted by Gasteiger charge is 2.18. The predicted octanol–water partition coefficient (Wildman–Crippen LogP) is 5.01. The average Bonchev–Trinajstić information content (AvgIpc) is 2.91. The minimum absolute atomic E-state index is 0.576. The molecule has 18 heavy (non-hydrogen) atoms. The van der Waals surface area contributed by atoms with Crippen molar-refractivity contribution in [3.8, 4) is 0 Å². The first-order chi connectivity index (χ1) is 8.79. The van der Waals surface area contributed by atoms with Crippen molar-refractivity contribution in [1.29, 1.82) is 0 Å². The van der Waals surface area contributed by atoms with Gasteiger partial charge in [0.1, 0.15) is 0 Å². The maximum Gasteiger partial charge on any atom is 0.0412 e. The van der Waals surface area contributed by atoms with E-state index < -0.39 is 0 Å². The summed E-state index contributed by atoms with van der Waals surface area (Å²) in [6.07, 6.45) is 8.38. The fourth-order valence-corrected chi connectivity index (χ4v) is 3.90. The molecule has 0 aliphatic heterocycles. The predicted molar refractivity (Wildman–Crippen MR) is 81.1 cm³/mol. The highest BCUT2D eigenvalue weighted by Crippen LogP contribution is 2.30. The lowest BCUT2D eigenvalue weighted by atomic mass is 9.81. The largest absolute Gasteiger partial charge is 0.309 e. The van der Waals surface area contributed by atoms with Gasteiger partial charge >= 0.3 is 0 Å². The van der Waals surface area contributed by atoms with Gasteiger partial charge in [-0.05, 0) is 42.7 Å². The molecule has 1 unspecified atom stereocenters. The number of nitrogens with one attached hydrogen (secondary N) is 1. The lowest BCUT2D eigenvalue weighted by Crippen LogP contribution is -2.24. The third-order valence-electron chi connectivity index (χ3n) is 4.37. The molecule has 1 fully saturated rings. The Bertz CT molecular complexity index is 312. The molecule has 0 aromatic carbocycles. The number of rotatable bonds is 6. The van der Waals surface area contributed by atoms with Crippen LogP contribution in [0.15, 0.2) is 17.5 Å². The summed E-state index contributed by atoms with van der Waals surface area (Å²) in [5, 5.41) is 5.92. The number of thiophene rings is 1. The molecule has 1 aromatic rings. The summed E-state index contributed by atoms with van der Waals surface area (Å²) in [6, 6.07) is 4.99. The SMILES string of the molecule is CCC(NCCC1CCC(C)CC1)c1cccs1. The van der Waals surface area contributed by atoms with Gasteiger partial charge < -0.3 is 5.32 Å². The molecule has 1 atom stereocenters. The zero-order valence-electron chi connectivity index (χ0n) is 11.8. The standard InChI is InChI=1S/C16H27NS/c1-3-15(16-5-4-12-18-16)17-11-10-14-8-6-13(2)7-9-14/h4-5,12-15,17H,3,6-11H2,1-2H3. The maximum absolute atomic E-state index is 3.74. The van der Waals surface area contributed by atoms with Crippen molar-refractivity contribution in [3.05, 3.63) is 22.4 Å². The van der Waals surface area contributed by atoms with Crippen LogP contribution < -0.4 is 5.32 Å². The van der Waals surface area contributed by atoms with Crippen molar-refractivity contribution < 1.29 is 0 Å². The van der Waals surface area contributed by atoms with Crippen molar-refractivity contribution in [2.45, 2.75) is 58.4 Å². The highest BCUT2D eigenvalue weighted by atomic mass is 32.1. The summed E-state index contributed by atoms with van der Waals surface area (Å²) in [5.41, 5.74) is 0. The van der Waals surface area contributed by atoms with Crippen LogP contribution in [0.4, 0.5) is 0 Å². The molecule has 1 aromatic heterocycles. The van der Waals surface area contributed by atoms with Crippen molar-refractivity contribution in [2.75, 3.05) is 6.54 Å². The molecular formula is C16H27NS. The molecule has 1 saturated carbocycles. The van der Waals surface area contributed by atoms with Gasteiger partial charge in [0.15, 0.2) is 0 Å². The van der Waals surface area contributed by atoms with E-state index in [2.05, 4.69) is 36.7 Å². The monoisotopic (exact) mass is 265 g/mol. The molecule has 0 amide bonds. The third-order valence-corrected chi connectivity index (χ3v) is 5.36. The van der Waals surface area contributed by atoms with Gasteiger partial charge in [-0.1, -0.05) is 45.6 Å². The van der Waals surface area contributed by atoms with Crippen molar-refractivity contribution in [1.82, 2.24) is 5.32 Å². The summed E-state index contributed by atoms with van der Waals surface area (Å²) in [5.74, 6) is 1.96. The van der Waals surface area contributed by atoms with Gasteiger partial charge in [-0.2, -0.15) is 0 Å². The lowest BCUT2D eigenvalue weighted by molar-refractivity contribution is 0.272. The molecule has 0 saturated heterocycles. The summed E-state index contributed by atoms with van der Waals surface area (Å²) in [4.78, 5) is 1.50. The van der Waals surface area contributed by atoms with E-state index in [0.29, 0.717) is 6.04 Å². The fourth-order valence-electron chi connectivity index (χ4n) is 3.02. The Morgan fingerprint density at radius 3 is 2.72 bits per heavy atom. The molecule has 1 N–H and O–H groups in total. The third kappa shape index (κ3) is 4.10. The van der Waals surface area contributed by atoms with Crippen LogP contribution >= 0.6 is 11.3 Å². The highest BCUT2D eigenvalue weighted by molar-refractivity contribution is 7.10. The average molecular weight is 265 g/mol. The van der Waals surface area contributed by atoms with Gasteiger partial charge in [-0.25, -0.2) is 0 Å². The van der Waals surface area contributed by atoms with Gasteiger partial charge in [-0.3, -0.25) is 0 Å². The zero-order valence-corrected chi connectivity index (χ0v) is 12.6. The van der Waals surface area contributed by atoms with Crippen molar-refractivity contribution in [2.24, 2.45) is 11.8 Å². The normalized spacial score (nSPS) is 26.1. The molecular weight excluding hydrogens is 238 g/mol. The van der Waals surface area contributed by atoms with Crippen LogP contribution in [-0.4, -0.2) is 6.54 Å². The summed E-state index contributed by atoms with van der Waals surface area (Å²) < 4.78 is 0. The van der Waals surface area contributed by atoms with Crippen LogP contribution in [0.5, 0.6) is 0 Å². The van der Waals surface area contributed by atoms with Gasteiger partial charge in [0.2, 0.25) is 0 Å². The molecule has 2 heteroatoms. The van der Waals surface area contributed by atoms with Crippen LogP contribution in [0.2, 0.25) is 0 Å². The second-order valence-corrected chi connectivity index (χ2v) is 6.82. The van der Waals surface area contributed by atoms with Crippen LogP contribution in [0.3, 0.4) is 0 Å². The number of hydrogen-bond acceptors (Lipinski definition) is 2. The second kappa shape index (κ2) is 7.30. The van der Waals surface area contributed by atoms with E-state index in [9.17, 15) is 0 Å². The smallest absolute Gasteiger partial charge is 0.0412 e. The fraction of sp³-hybridized carbons (Fsp3) is 0.750. The molecule has 0 spiro atoms. The van der Waals surface area contributed by atoms with E-state index in [4.69, 9.17) is 0 Å². The van der Waals surface area contributed by atoms with Crippen LogP contribution in [0.25, 0.3) is 0 Å². The van der Waals surface area contributed by atoms with Gasteiger partial charge in [-0.15, -0.1) is 11.3 Å². The second-order valence-electron chi connectivity index (χ2n) is 5.84. The molecule has 1 heterocycles. The van der Waals surface area contributed by atoms with Gasteiger partial charge in [0.05, 0.1) is 0 Å². The van der Waals surface area contributed by atoms with Crippen LogP contribution in [0.1, 0.15) is 63.3 Å². The first-order valence-corrected chi connectivity index (χ1v) is 8.44. The van der Waals surface area contributed by atoms with E-state index in [1.54, 1.807) is 0 Å². The first kappa shape index (κ1) is 14.1.